The Bertz CT molecular complexity index is 393. The Morgan fingerprint density at radius 3 is 2.75 bits per heavy atom. The second-order valence-corrected chi connectivity index (χ2v) is 5.53. The van der Waals surface area contributed by atoms with Gasteiger partial charge in [-0.05, 0) is 39.7 Å². The molecule has 1 aromatic rings. The van der Waals surface area contributed by atoms with Gasteiger partial charge in [-0.2, -0.15) is 5.10 Å². The molecule has 1 N–H and O–H groups in total. The van der Waals surface area contributed by atoms with Crippen molar-refractivity contribution in [1.82, 2.24) is 15.1 Å². The van der Waals surface area contributed by atoms with Crippen molar-refractivity contribution in [3.05, 3.63) is 16.4 Å². The molecule has 0 saturated carbocycles. The van der Waals surface area contributed by atoms with Crippen LogP contribution in [-0.4, -0.2) is 36.1 Å². The molecule has 0 spiro atoms. The second-order valence-electron chi connectivity index (χ2n) is 5.15. The van der Waals surface area contributed by atoms with Gasteiger partial charge in [0.15, 0.2) is 0 Å². The lowest BCUT2D eigenvalue weighted by Gasteiger charge is -2.19. The van der Waals surface area contributed by atoms with Gasteiger partial charge in [0.25, 0.3) is 0 Å². The molecule has 0 aromatic carbocycles. The summed E-state index contributed by atoms with van der Waals surface area (Å²) in [5.74, 6) is 0. The maximum absolute atomic E-state index is 6.40. The van der Waals surface area contributed by atoms with Crippen LogP contribution >= 0.6 is 11.6 Å². The van der Waals surface area contributed by atoms with Gasteiger partial charge in [-0.3, -0.25) is 4.68 Å². The van der Waals surface area contributed by atoms with Gasteiger partial charge in [0.1, 0.15) is 0 Å². The van der Waals surface area contributed by atoms with E-state index in [9.17, 15) is 0 Å². The van der Waals surface area contributed by atoms with Crippen LogP contribution in [0.5, 0.6) is 0 Å². The molecule has 5 heteroatoms. The molecular weight excluding hydrogens is 274 g/mol. The van der Waals surface area contributed by atoms with Gasteiger partial charge in [0.2, 0.25) is 0 Å². The van der Waals surface area contributed by atoms with Crippen molar-refractivity contribution in [3.63, 3.8) is 0 Å². The number of nitrogens with zero attached hydrogens (tertiary/aromatic N) is 2. The van der Waals surface area contributed by atoms with E-state index in [1.54, 1.807) is 7.11 Å². The van der Waals surface area contributed by atoms with Gasteiger partial charge < -0.3 is 10.1 Å². The fraction of sp³-hybridized carbons (Fsp3) is 0.800. The molecule has 1 atom stereocenters. The largest absolute Gasteiger partial charge is 0.385 e. The molecule has 116 valence electrons. The van der Waals surface area contributed by atoms with Gasteiger partial charge in [-0.15, -0.1) is 0 Å². The molecule has 0 bridgehead atoms. The van der Waals surface area contributed by atoms with Gasteiger partial charge in [0, 0.05) is 32.7 Å². The highest BCUT2D eigenvalue weighted by molar-refractivity contribution is 6.31. The van der Waals surface area contributed by atoms with E-state index in [-0.39, 0.29) is 0 Å². The number of aromatic nitrogens is 2. The summed E-state index contributed by atoms with van der Waals surface area (Å²) < 4.78 is 7.17. The van der Waals surface area contributed by atoms with Gasteiger partial charge in [-0.1, -0.05) is 18.5 Å². The van der Waals surface area contributed by atoms with Crippen molar-refractivity contribution in [2.24, 2.45) is 0 Å². The Morgan fingerprint density at radius 2 is 2.15 bits per heavy atom. The first-order valence-corrected chi connectivity index (χ1v) is 7.95. The summed E-state index contributed by atoms with van der Waals surface area (Å²) in [5.41, 5.74) is 2.08. The summed E-state index contributed by atoms with van der Waals surface area (Å²) in [5, 5.41) is 8.92. The Labute approximate surface area is 127 Å². The average Bonchev–Trinajstić information content (AvgIpc) is 2.72. The maximum atomic E-state index is 6.40. The minimum atomic E-state index is 0.434. The standard InChI is InChI=1S/C15H28ClN3O/c1-5-9-17-13(8-7-10-20-4)11-14-15(16)12(3)18-19(14)6-2/h13,17H,5-11H2,1-4H3. The molecule has 0 aliphatic heterocycles. The molecule has 4 nitrogen and oxygen atoms in total. The molecule has 1 heterocycles. The topological polar surface area (TPSA) is 39.1 Å². The van der Waals surface area contributed by atoms with E-state index < -0.39 is 0 Å². The summed E-state index contributed by atoms with van der Waals surface area (Å²) >= 11 is 6.40. The highest BCUT2D eigenvalue weighted by atomic mass is 35.5. The predicted octanol–water partition coefficient (Wildman–Crippen LogP) is 3.20. The van der Waals surface area contributed by atoms with Crippen LogP contribution in [0, 0.1) is 6.92 Å². The van der Waals surface area contributed by atoms with E-state index in [2.05, 4.69) is 24.3 Å². The van der Waals surface area contributed by atoms with Crippen molar-refractivity contribution in [2.45, 2.75) is 59.0 Å². The first kappa shape index (κ1) is 17.5. The number of hydrogen-bond donors (Lipinski definition) is 1. The van der Waals surface area contributed by atoms with Crippen LogP contribution in [0.4, 0.5) is 0 Å². The highest BCUT2D eigenvalue weighted by Gasteiger charge is 2.17. The fourth-order valence-corrected chi connectivity index (χ4v) is 2.61. The Balaban J connectivity index is 2.71. The van der Waals surface area contributed by atoms with Crippen LogP contribution in [0.15, 0.2) is 0 Å². The third-order valence-electron chi connectivity index (χ3n) is 3.48. The molecule has 0 aliphatic rings. The first-order valence-electron chi connectivity index (χ1n) is 7.58. The maximum Gasteiger partial charge on any atom is 0.0847 e. The van der Waals surface area contributed by atoms with Crippen molar-refractivity contribution in [2.75, 3.05) is 20.3 Å². The smallest absolute Gasteiger partial charge is 0.0847 e. The Kier molecular flexibility index (Phi) is 8.19. The van der Waals surface area contributed by atoms with E-state index in [1.165, 1.54) is 0 Å². The van der Waals surface area contributed by atoms with E-state index in [0.717, 1.165) is 61.8 Å². The monoisotopic (exact) mass is 301 g/mol. The van der Waals surface area contributed by atoms with Crippen LogP contribution in [0.25, 0.3) is 0 Å². The molecule has 1 rings (SSSR count). The molecule has 0 amide bonds. The lowest BCUT2D eigenvalue weighted by Crippen LogP contribution is -2.33. The van der Waals surface area contributed by atoms with Crippen molar-refractivity contribution in [1.29, 1.82) is 0 Å². The van der Waals surface area contributed by atoms with E-state index >= 15 is 0 Å². The van der Waals surface area contributed by atoms with E-state index in [1.807, 2.05) is 11.6 Å². The molecule has 20 heavy (non-hydrogen) atoms. The number of hydrogen-bond acceptors (Lipinski definition) is 3. The molecule has 1 unspecified atom stereocenters. The second kappa shape index (κ2) is 9.37. The first-order chi connectivity index (χ1) is 9.63. The summed E-state index contributed by atoms with van der Waals surface area (Å²) in [6.07, 6.45) is 4.23. The van der Waals surface area contributed by atoms with E-state index in [0.29, 0.717) is 6.04 Å². The predicted molar refractivity (Wildman–Crippen MR) is 84.5 cm³/mol. The zero-order valence-corrected chi connectivity index (χ0v) is 14.0. The number of rotatable bonds is 10. The van der Waals surface area contributed by atoms with Crippen LogP contribution < -0.4 is 5.32 Å². The Hall–Kier alpha value is -0.580. The van der Waals surface area contributed by atoms with Gasteiger partial charge >= 0.3 is 0 Å². The van der Waals surface area contributed by atoms with Crippen LogP contribution in [0.3, 0.4) is 0 Å². The van der Waals surface area contributed by atoms with Crippen LogP contribution in [0.2, 0.25) is 5.02 Å². The zero-order valence-electron chi connectivity index (χ0n) is 13.2. The van der Waals surface area contributed by atoms with Crippen LogP contribution in [-0.2, 0) is 17.7 Å². The third kappa shape index (κ3) is 5.08. The zero-order chi connectivity index (χ0) is 15.0. The fourth-order valence-electron chi connectivity index (χ4n) is 2.40. The van der Waals surface area contributed by atoms with Crippen molar-refractivity contribution in [3.8, 4) is 0 Å². The molecule has 0 saturated heterocycles. The van der Waals surface area contributed by atoms with Gasteiger partial charge in [-0.25, -0.2) is 0 Å². The van der Waals surface area contributed by atoms with Crippen molar-refractivity contribution < 1.29 is 4.74 Å². The van der Waals surface area contributed by atoms with E-state index in [4.69, 9.17) is 16.3 Å². The third-order valence-corrected chi connectivity index (χ3v) is 3.97. The SMILES string of the molecule is CCCNC(CCCOC)Cc1c(Cl)c(C)nn1CC. The quantitative estimate of drug-likeness (QED) is 0.675. The molecule has 1 aromatic heterocycles. The minimum Gasteiger partial charge on any atom is -0.385 e. The lowest BCUT2D eigenvalue weighted by molar-refractivity contribution is 0.188. The average molecular weight is 302 g/mol. The van der Waals surface area contributed by atoms with Crippen molar-refractivity contribution >= 4 is 11.6 Å². The number of nitrogens with one attached hydrogen (secondary N) is 1. The number of ether oxygens (including phenoxy) is 1. The summed E-state index contributed by atoms with van der Waals surface area (Å²) in [6, 6.07) is 0.434. The summed E-state index contributed by atoms with van der Waals surface area (Å²) in [4.78, 5) is 0. The minimum absolute atomic E-state index is 0.434. The number of halogens is 1. The lowest BCUT2D eigenvalue weighted by atomic mass is 10.1. The molecule has 0 fully saturated rings. The number of methoxy groups -OCH3 is 1. The normalized spacial score (nSPS) is 12.8. The molecule has 0 aliphatic carbocycles. The van der Waals surface area contributed by atoms with Gasteiger partial charge in [0.05, 0.1) is 16.4 Å². The summed E-state index contributed by atoms with van der Waals surface area (Å²) in [6.45, 7) is 8.97. The molecular formula is C15H28ClN3O. The molecule has 0 radical (unpaired) electrons. The Morgan fingerprint density at radius 1 is 1.40 bits per heavy atom. The summed E-state index contributed by atoms with van der Waals surface area (Å²) in [7, 11) is 1.75. The number of aryl methyl sites for hydroxylation is 2. The van der Waals surface area contributed by atoms with Crippen LogP contribution in [0.1, 0.15) is 44.5 Å². The highest BCUT2D eigenvalue weighted by Crippen LogP contribution is 2.22.